The molecule has 0 radical (unpaired) electrons. The molecule has 0 aliphatic heterocycles. The van der Waals surface area contributed by atoms with E-state index in [0.717, 1.165) is 24.3 Å². The number of carbonyl (C=O) groups is 2. The number of hydrogen-bond acceptors (Lipinski definition) is 4. The van der Waals surface area contributed by atoms with E-state index < -0.39 is 23.9 Å². The van der Waals surface area contributed by atoms with Crippen LogP contribution in [0.2, 0.25) is 0 Å². The molecule has 0 amide bonds. The van der Waals surface area contributed by atoms with Crippen molar-refractivity contribution in [3.05, 3.63) is 35.4 Å². The number of esters is 1. The number of aromatic carboxylic acids is 1. The Bertz CT molecular complexity index is 473. The highest BCUT2D eigenvalue weighted by atomic mass is 19.3. The van der Waals surface area contributed by atoms with Gasteiger partial charge in [-0.3, -0.25) is 0 Å². The molecule has 0 saturated carbocycles. The molecule has 19 heavy (non-hydrogen) atoms. The number of benzene rings is 1. The van der Waals surface area contributed by atoms with Crippen molar-refractivity contribution in [1.29, 1.82) is 0 Å². The minimum atomic E-state index is -3.87. The molecule has 0 aliphatic rings. The average molecular weight is 273 g/mol. The second-order valence-electron chi connectivity index (χ2n) is 3.75. The lowest BCUT2D eigenvalue weighted by molar-refractivity contribution is -0.174. The van der Waals surface area contributed by atoms with Gasteiger partial charge in [0.2, 0.25) is 0 Å². The van der Waals surface area contributed by atoms with Gasteiger partial charge in [0.15, 0.2) is 0 Å². The predicted octanol–water partition coefficient (Wildman–Crippen LogP) is 1.58. The lowest BCUT2D eigenvalue weighted by Gasteiger charge is -2.21. The van der Waals surface area contributed by atoms with Gasteiger partial charge in [-0.15, -0.1) is 0 Å². The average Bonchev–Trinajstić information content (AvgIpc) is 2.38. The van der Waals surface area contributed by atoms with Gasteiger partial charge in [-0.2, -0.15) is 8.78 Å². The van der Waals surface area contributed by atoms with Crippen molar-refractivity contribution in [3.63, 3.8) is 0 Å². The van der Waals surface area contributed by atoms with E-state index in [1.54, 1.807) is 0 Å². The number of hydrogen-bond donors (Lipinski definition) is 2. The van der Waals surface area contributed by atoms with Gasteiger partial charge in [-0.05, 0) is 24.6 Å². The maximum absolute atomic E-state index is 13.6. The van der Waals surface area contributed by atoms with E-state index in [2.05, 4.69) is 4.74 Å². The number of carboxylic acid groups (broad SMARTS) is 1. The maximum atomic E-state index is 13.6. The van der Waals surface area contributed by atoms with E-state index in [-0.39, 0.29) is 17.7 Å². The van der Waals surface area contributed by atoms with Crippen LogP contribution >= 0.6 is 0 Å². The van der Waals surface area contributed by atoms with Crippen molar-refractivity contribution < 1.29 is 28.2 Å². The molecule has 3 N–H and O–H groups in total. The van der Waals surface area contributed by atoms with Crippen LogP contribution in [-0.4, -0.2) is 29.6 Å². The number of carbonyl (C=O) groups excluding carboxylic acids is 1. The van der Waals surface area contributed by atoms with Gasteiger partial charge in [0.1, 0.15) is 6.04 Å². The molecule has 7 heteroatoms. The first-order valence-corrected chi connectivity index (χ1v) is 5.44. The number of ether oxygens (including phenoxy) is 1. The number of alkyl halides is 2. The summed E-state index contributed by atoms with van der Waals surface area (Å²) in [5.41, 5.74) is 5.22. The summed E-state index contributed by atoms with van der Waals surface area (Å²) < 4.78 is 31.5. The molecule has 1 atom stereocenters. The summed E-state index contributed by atoms with van der Waals surface area (Å²) in [6, 6.07) is 2.66. The van der Waals surface area contributed by atoms with E-state index in [1.807, 2.05) is 0 Å². The fourth-order valence-corrected chi connectivity index (χ4v) is 1.40. The van der Waals surface area contributed by atoms with Crippen LogP contribution in [0.4, 0.5) is 8.78 Å². The van der Waals surface area contributed by atoms with E-state index in [1.165, 1.54) is 6.92 Å². The standard InChI is InChI=1S/C12H13F2NO4/c1-2-19-11(18)12(13,14)9(15)7-3-5-8(6-4-7)10(16)17/h3-6,9H,2,15H2,1H3,(H,16,17)/t9-/m1/s1. The second-order valence-corrected chi connectivity index (χ2v) is 3.75. The summed E-state index contributed by atoms with van der Waals surface area (Å²) in [5.74, 6) is -6.76. The fourth-order valence-electron chi connectivity index (χ4n) is 1.40. The number of rotatable bonds is 5. The largest absolute Gasteiger partial charge is 0.478 e. The predicted molar refractivity (Wildman–Crippen MR) is 61.9 cm³/mol. The van der Waals surface area contributed by atoms with E-state index in [4.69, 9.17) is 10.8 Å². The zero-order valence-corrected chi connectivity index (χ0v) is 10.1. The minimum absolute atomic E-state index is 0.0527. The molecule has 0 saturated heterocycles. The molecule has 0 bridgehead atoms. The minimum Gasteiger partial charge on any atom is -0.478 e. The molecule has 0 aliphatic carbocycles. The molecular weight excluding hydrogens is 260 g/mol. The number of nitrogens with two attached hydrogens (primary N) is 1. The zero-order valence-electron chi connectivity index (χ0n) is 10.1. The van der Waals surface area contributed by atoms with E-state index in [9.17, 15) is 18.4 Å². The van der Waals surface area contributed by atoms with Gasteiger partial charge in [0.25, 0.3) is 0 Å². The summed E-state index contributed by atoms with van der Waals surface area (Å²) >= 11 is 0. The first-order chi connectivity index (χ1) is 8.80. The van der Waals surface area contributed by atoms with Crippen molar-refractivity contribution in [2.75, 3.05) is 6.61 Å². The highest BCUT2D eigenvalue weighted by molar-refractivity contribution is 5.87. The molecule has 1 rings (SSSR count). The third kappa shape index (κ3) is 3.25. The molecule has 0 aromatic heterocycles. The van der Waals surface area contributed by atoms with Crippen LogP contribution in [0.15, 0.2) is 24.3 Å². The molecule has 0 unspecified atom stereocenters. The van der Waals surface area contributed by atoms with Crippen LogP contribution in [0.1, 0.15) is 28.9 Å². The number of halogens is 2. The SMILES string of the molecule is CCOC(=O)C(F)(F)[C@H](N)c1ccc(C(=O)O)cc1. The van der Waals surface area contributed by atoms with Gasteiger partial charge in [0.05, 0.1) is 12.2 Å². The van der Waals surface area contributed by atoms with Gasteiger partial charge in [-0.1, -0.05) is 12.1 Å². The molecule has 5 nitrogen and oxygen atoms in total. The van der Waals surface area contributed by atoms with Gasteiger partial charge < -0.3 is 15.6 Å². The monoisotopic (exact) mass is 273 g/mol. The molecule has 1 aromatic carbocycles. The Morgan fingerprint density at radius 1 is 1.37 bits per heavy atom. The molecular formula is C12H13F2NO4. The Morgan fingerprint density at radius 2 is 1.89 bits per heavy atom. The summed E-state index contributed by atoms with van der Waals surface area (Å²) in [6.45, 7) is 1.22. The lowest BCUT2D eigenvalue weighted by Crippen LogP contribution is -2.41. The summed E-state index contributed by atoms with van der Waals surface area (Å²) in [6.07, 6.45) is 0. The van der Waals surface area contributed by atoms with Gasteiger partial charge >= 0.3 is 17.9 Å². The molecule has 0 fully saturated rings. The summed E-state index contributed by atoms with van der Waals surface area (Å²) in [5, 5.41) is 8.68. The second kappa shape index (κ2) is 5.75. The highest BCUT2D eigenvalue weighted by Gasteiger charge is 2.47. The molecule has 0 heterocycles. The Labute approximate surface area is 108 Å². The lowest BCUT2D eigenvalue weighted by atomic mass is 10.00. The van der Waals surface area contributed by atoms with Crippen molar-refractivity contribution in [3.8, 4) is 0 Å². The Morgan fingerprint density at radius 3 is 2.32 bits per heavy atom. The van der Waals surface area contributed by atoms with Crippen LogP contribution in [-0.2, 0) is 9.53 Å². The Hall–Kier alpha value is -2.02. The topological polar surface area (TPSA) is 89.6 Å². The number of carboxylic acids is 1. The van der Waals surface area contributed by atoms with Crippen LogP contribution < -0.4 is 5.73 Å². The maximum Gasteiger partial charge on any atom is 0.379 e. The van der Waals surface area contributed by atoms with E-state index in [0.29, 0.717) is 0 Å². The van der Waals surface area contributed by atoms with Crippen LogP contribution in [0, 0.1) is 0 Å². The van der Waals surface area contributed by atoms with Gasteiger partial charge in [-0.25, -0.2) is 9.59 Å². The summed E-state index contributed by atoms with van der Waals surface area (Å²) in [4.78, 5) is 21.7. The highest BCUT2D eigenvalue weighted by Crippen LogP contribution is 2.30. The van der Waals surface area contributed by atoms with Crippen molar-refractivity contribution in [1.82, 2.24) is 0 Å². The van der Waals surface area contributed by atoms with Crippen LogP contribution in [0.25, 0.3) is 0 Å². The Balaban J connectivity index is 2.95. The fraction of sp³-hybridized carbons (Fsp3) is 0.333. The first kappa shape index (κ1) is 15.0. The normalized spacial score (nSPS) is 12.8. The van der Waals surface area contributed by atoms with Crippen molar-refractivity contribution in [2.24, 2.45) is 5.73 Å². The molecule has 0 spiro atoms. The van der Waals surface area contributed by atoms with E-state index >= 15 is 0 Å². The third-order valence-corrected chi connectivity index (χ3v) is 2.45. The Kier molecular flexibility index (Phi) is 4.55. The smallest absolute Gasteiger partial charge is 0.379 e. The first-order valence-electron chi connectivity index (χ1n) is 5.44. The quantitative estimate of drug-likeness (QED) is 0.795. The summed E-state index contributed by atoms with van der Waals surface area (Å²) in [7, 11) is 0. The van der Waals surface area contributed by atoms with Crippen LogP contribution in [0.3, 0.4) is 0 Å². The van der Waals surface area contributed by atoms with Crippen molar-refractivity contribution in [2.45, 2.75) is 18.9 Å². The van der Waals surface area contributed by atoms with Crippen LogP contribution in [0.5, 0.6) is 0 Å². The zero-order chi connectivity index (χ0) is 14.6. The third-order valence-electron chi connectivity index (χ3n) is 2.45. The molecule has 1 aromatic rings. The van der Waals surface area contributed by atoms with Gasteiger partial charge in [0, 0.05) is 0 Å². The molecule has 104 valence electrons. The van der Waals surface area contributed by atoms with Crippen molar-refractivity contribution >= 4 is 11.9 Å².